The van der Waals surface area contributed by atoms with Crippen LogP contribution in [0.2, 0.25) is 0 Å². The molecule has 2 amide bonds. The van der Waals surface area contributed by atoms with E-state index in [1.807, 2.05) is 32.0 Å². The zero-order valence-electron chi connectivity index (χ0n) is 13.5. The van der Waals surface area contributed by atoms with Crippen molar-refractivity contribution >= 4 is 23.4 Å². The molecule has 1 aliphatic rings. The minimum absolute atomic E-state index is 0.119. The Bertz CT molecular complexity index is 768. The summed E-state index contributed by atoms with van der Waals surface area (Å²) in [5.74, 6) is 0.239. The Balaban J connectivity index is 1.84. The predicted octanol–water partition coefficient (Wildman–Crippen LogP) is 2.34. The molecule has 0 radical (unpaired) electrons. The van der Waals surface area contributed by atoms with Gasteiger partial charge in [0.15, 0.2) is 0 Å². The third-order valence-corrected chi connectivity index (χ3v) is 4.51. The first-order valence-corrected chi connectivity index (χ1v) is 8.20. The Morgan fingerprint density at radius 2 is 2.12 bits per heavy atom. The van der Waals surface area contributed by atoms with E-state index in [4.69, 9.17) is 16.1 Å². The van der Waals surface area contributed by atoms with E-state index in [0.29, 0.717) is 24.4 Å². The summed E-state index contributed by atoms with van der Waals surface area (Å²) in [6, 6.07) is 7.14. The molecule has 24 heavy (non-hydrogen) atoms. The molecule has 1 aromatic heterocycles. The van der Waals surface area contributed by atoms with Gasteiger partial charge in [0.2, 0.25) is 5.91 Å². The Hall–Kier alpha value is -2.34. The summed E-state index contributed by atoms with van der Waals surface area (Å²) in [6.07, 6.45) is 0. The van der Waals surface area contributed by atoms with Gasteiger partial charge in [-0.3, -0.25) is 9.59 Å². The van der Waals surface area contributed by atoms with Gasteiger partial charge >= 0.3 is 0 Å². The zero-order valence-corrected chi connectivity index (χ0v) is 14.3. The van der Waals surface area contributed by atoms with E-state index in [1.54, 1.807) is 11.0 Å². The molecule has 7 heteroatoms. The molecule has 0 saturated heterocycles. The van der Waals surface area contributed by atoms with Gasteiger partial charge in [0.25, 0.3) is 5.91 Å². The number of alkyl halides is 1. The smallest absolute Gasteiger partial charge is 0.252 e. The number of nitrogens with zero attached hydrogens (tertiary/aromatic N) is 2. The van der Waals surface area contributed by atoms with Gasteiger partial charge in [-0.15, -0.1) is 11.6 Å². The van der Waals surface area contributed by atoms with Crippen LogP contribution in [0.5, 0.6) is 0 Å². The number of amides is 2. The Labute approximate surface area is 144 Å². The first kappa shape index (κ1) is 16.5. The second-order valence-electron chi connectivity index (χ2n) is 5.82. The van der Waals surface area contributed by atoms with E-state index < -0.39 is 0 Å². The summed E-state index contributed by atoms with van der Waals surface area (Å²) in [5.41, 5.74) is 3.16. The van der Waals surface area contributed by atoms with Gasteiger partial charge in [-0.1, -0.05) is 23.4 Å². The van der Waals surface area contributed by atoms with Gasteiger partial charge in [0, 0.05) is 17.7 Å². The Kier molecular flexibility index (Phi) is 4.57. The maximum atomic E-state index is 12.3. The van der Waals surface area contributed by atoms with Crippen molar-refractivity contribution in [2.24, 2.45) is 0 Å². The summed E-state index contributed by atoms with van der Waals surface area (Å²) in [4.78, 5) is 26.0. The van der Waals surface area contributed by atoms with Crippen LogP contribution in [-0.2, 0) is 11.3 Å². The van der Waals surface area contributed by atoms with Gasteiger partial charge in [0.05, 0.1) is 18.3 Å². The Morgan fingerprint density at radius 3 is 2.79 bits per heavy atom. The van der Waals surface area contributed by atoms with Crippen LogP contribution in [0.15, 0.2) is 28.8 Å². The van der Waals surface area contributed by atoms with E-state index >= 15 is 0 Å². The van der Waals surface area contributed by atoms with Crippen molar-refractivity contribution in [3.8, 4) is 0 Å². The SMILES string of the molecule is Cc1noc(C)c1CN(CC1NC(=O)c2ccccc21)C(=O)CCl. The number of aryl methyl sites for hydroxylation is 2. The van der Waals surface area contributed by atoms with Crippen molar-refractivity contribution in [2.75, 3.05) is 12.4 Å². The van der Waals surface area contributed by atoms with Crippen LogP contribution in [0.25, 0.3) is 0 Å². The molecule has 0 aliphatic carbocycles. The molecule has 1 N–H and O–H groups in total. The minimum atomic E-state index is -0.249. The van der Waals surface area contributed by atoms with E-state index in [2.05, 4.69) is 10.5 Å². The average Bonchev–Trinajstić information content (AvgIpc) is 3.07. The predicted molar refractivity (Wildman–Crippen MR) is 88.8 cm³/mol. The average molecular weight is 348 g/mol. The highest BCUT2D eigenvalue weighted by molar-refractivity contribution is 6.27. The van der Waals surface area contributed by atoms with Crippen LogP contribution < -0.4 is 5.32 Å². The molecule has 126 valence electrons. The van der Waals surface area contributed by atoms with Crippen molar-refractivity contribution in [1.29, 1.82) is 0 Å². The third-order valence-electron chi connectivity index (χ3n) is 4.29. The van der Waals surface area contributed by atoms with Gasteiger partial charge in [-0.2, -0.15) is 0 Å². The molecule has 1 aromatic carbocycles. The lowest BCUT2D eigenvalue weighted by atomic mass is 10.0. The first-order valence-electron chi connectivity index (χ1n) is 7.66. The molecule has 2 aromatic rings. The summed E-state index contributed by atoms with van der Waals surface area (Å²) in [6.45, 7) is 4.34. The van der Waals surface area contributed by atoms with Crippen LogP contribution >= 0.6 is 11.6 Å². The quantitative estimate of drug-likeness (QED) is 0.842. The van der Waals surface area contributed by atoms with Gasteiger partial charge < -0.3 is 14.7 Å². The van der Waals surface area contributed by atoms with Crippen LogP contribution in [0, 0.1) is 13.8 Å². The number of rotatable bonds is 5. The number of carbonyl (C=O) groups excluding carboxylic acids is 2. The second kappa shape index (κ2) is 6.65. The molecule has 0 fully saturated rings. The molecule has 0 spiro atoms. The number of fused-ring (bicyclic) bond motifs is 1. The van der Waals surface area contributed by atoms with E-state index in [-0.39, 0.29) is 23.7 Å². The van der Waals surface area contributed by atoms with Crippen LogP contribution in [0.3, 0.4) is 0 Å². The molecule has 1 unspecified atom stereocenters. The largest absolute Gasteiger partial charge is 0.361 e. The maximum Gasteiger partial charge on any atom is 0.252 e. The van der Waals surface area contributed by atoms with Gasteiger partial charge in [0.1, 0.15) is 11.6 Å². The molecule has 3 rings (SSSR count). The molecule has 2 heterocycles. The number of hydrogen-bond acceptors (Lipinski definition) is 4. The van der Waals surface area contributed by atoms with Crippen molar-refractivity contribution in [2.45, 2.75) is 26.4 Å². The summed E-state index contributed by atoms with van der Waals surface area (Å²) < 4.78 is 5.16. The number of nitrogens with one attached hydrogen (secondary N) is 1. The van der Waals surface area contributed by atoms with Gasteiger partial charge in [-0.25, -0.2) is 0 Å². The van der Waals surface area contributed by atoms with E-state index in [9.17, 15) is 9.59 Å². The molecule has 0 bridgehead atoms. The third kappa shape index (κ3) is 3.01. The molecular weight excluding hydrogens is 330 g/mol. The highest BCUT2D eigenvalue weighted by atomic mass is 35.5. The second-order valence-corrected chi connectivity index (χ2v) is 6.09. The van der Waals surface area contributed by atoms with E-state index in [0.717, 1.165) is 16.8 Å². The monoisotopic (exact) mass is 347 g/mol. The molecule has 6 nitrogen and oxygen atoms in total. The van der Waals surface area contributed by atoms with Gasteiger partial charge in [-0.05, 0) is 25.5 Å². The van der Waals surface area contributed by atoms with Crippen molar-refractivity contribution < 1.29 is 14.1 Å². The topological polar surface area (TPSA) is 75.4 Å². The molecule has 1 atom stereocenters. The standard InChI is InChI=1S/C17H18ClN3O3/c1-10-14(11(2)24-20-10)8-21(16(22)7-18)9-15-12-5-3-4-6-13(12)17(23)19-15/h3-6,15H,7-9H2,1-2H3,(H,19,23). The summed E-state index contributed by atoms with van der Waals surface area (Å²) in [5, 5.41) is 6.84. The fraction of sp³-hybridized carbons (Fsp3) is 0.353. The lowest BCUT2D eigenvalue weighted by molar-refractivity contribution is -0.129. The van der Waals surface area contributed by atoms with E-state index in [1.165, 1.54) is 0 Å². The molecule has 0 saturated carbocycles. The number of benzene rings is 1. The number of hydrogen-bond donors (Lipinski definition) is 1. The minimum Gasteiger partial charge on any atom is -0.361 e. The number of carbonyl (C=O) groups is 2. The lowest BCUT2D eigenvalue weighted by Crippen LogP contribution is -2.38. The Morgan fingerprint density at radius 1 is 1.38 bits per heavy atom. The first-order chi connectivity index (χ1) is 11.5. The lowest BCUT2D eigenvalue weighted by Gasteiger charge is -2.25. The maximum absolute atomic E-state index is 12.3. The normalized spacial score (nSPS) is 16.0. The zero-order chi connectivity index (χ0) is 17.3. The fourth-order valence-electron chi connectivity index (χ4n) is 2.94. The highest BCUT2D eigenvalue weighted by Gasteiger charge is 2.31. The molecular formula is C17H18ClN3O3. The highest BCUT2D eigenvalue weighted by Crippen LogP contribution is 2.27. The molecule has 1 aliphatic heterocycles. The van der Waals surface area contributed by atoms with Crippen molar-refractivity contribution in [3.05, 3.63) is 52.4 Å². The fourth-order valence-corrected chi connectivity index (χ4v) is 3.11. The van der Waals surface area contributed by atoms with Crippen molar-refractivity contribution in [1.82, 2.24) is 15.4 Å². The van der Waals surface area contributed by atoms with Crippen LogP contribution in [0.1, 0.15) is 39.0 Å². The van der Waals surface area contributed by atoms with Crippen molar-refractivity contribution in [3.63, 3.8) is 0 Å². The van der Waals surface area contributed by atoms with Crippen LogP contribution in [-0.4, -0.2) is 34.3 Å². The number of halogens is 1. The van der Waals surface area contributed by atoms with Crippen LogP contribution in [0.4, 0.5) is 0 Å². The summed E-state index contributed by atoms with van der Waals surface area (Å²) >= 11 is 5.76. The summed E-state index contributed by atoms with van der Waals surface area (Å²) in [7, 11) is 0. The number of aromatic nitrogens is 1.